The molecule has 3 aliphatic rings. The maximum Gasteiger partial charge on any atom is 0.348 e. The minimum atomic E-state index is -1.89. The average molecular weight is 492 g/mol. The van der Waals surface area contributed by atoms with Crippen LogP contribution < -0.4 is 5.32 Å². The summed E-state index contributed by atoms with van der Waals surface area (Å²) in [5.74, 6) is -0.383. The van der Waals surface area contributed by atoms with Crippen molar-refractivity contribution in [2.24, 2.45) is 5.92 Å². The summed E-state index contributed by atoms with van der Waals surface area (Å²) in [5.41, 5.74) is -0.930. The van der Waals surface area contributed by atoms with Gasteiger partial charge in [0.25, 0.3) is 5.91 Å². The van der Waals surface area contributed by atoms with E-state index in [9.17, 15) is 14.7 Å². The van der Waals surface area contributed by atoms with E-state index in [0.717, 1.165) is 30.8 Å². The number of amides is 1. The zero-order valence-electron chi connectivity index (χ0n) is 19.6. The van der Waals surface area contributed by atoms with Crippen molar-refractivity contribution < 1.29 is 23.9 Å². The Bertz CT molecular complexity index is 1100. The highest BCUT2D eigenvalue weighted by Crippen LogP contribution is 2.38. The van der Waals surface area contributed by atoms with Gasteiger partial charge in [0, 0.05) is 23.6 Å². The highest BCUT2D eigenvalue weighted by atomic mass is 32.1. The summed E-state index contributed by atoms with van der Waals surface area (Å²) in [6.45, 7) is 3.34. The molecule has 1 atom stereocenters. The number of nitrogens with zero attached hydrogens (tertiary/aromatic N) is 1. The standard InChI is InChI=1S/C28H30N2O4S/c31-26(29-18-24-12-7-17-35-24)20-30-15-13-21(14-16-30)25(19-30)34-27(32)28(33,22-8-3-1-4-9-22)23-10-5-2-6-11-23/h1-12,17,21,25,33H,13-16,18-20H2/p+1/t21?,25-,30?/m0/s1. The molecule has 0 aliphatic carbocycles. The molecule has 35 heavy (non-hydrogen) atoms. The van der Waals surface area contributed by atoms with Crippen molar-refractivity contribution in [2.45, 2.75) is 31.1 Å². The number of carbonyl (C=O) groups is 2. The number of rotatable bonds is 8. The molecule has 1 aromatic heterocycles. The van der Waals surface area contributed by atoms with Crippen LogP contribution in [0.4, 0.5) is 0 Å². The van der Waals surface area contributed by atoms with Crippen molar-refractivity contribution in [3.8, 4) is 0 Å². The summed E-state index contributed by atoms with van der Waals surface area (Å²) in [6, 6.07) is 21.9. The average Bonchev–Trinajstić information content (AvgIpc) is 3.42. The molecule has 6 rings (SSSR count). The largest absolute Gasteiger partial charge is 0.453 e. The fraction of sp³-hybridized carbons (Fsp3) is 0.357. The minimum absolute atomic E-state index is 0.0221. The van der Waals surface area contributed by atoms with Gasteiger partial charge in [-0.15, -0.1) is 11.3 Å². The molecule has 0 unspecified atom stereocenters. The number of fused-ring (bicyclic) bond motifs is 3. The Morgan fingerprint density at radius 2 is 1.60 bits per heavy atom. The lowest BCUT2D eigenvalue weighted by Crippen LogP contribution is -2.66. The van der Waals surface area contributed by atoms with Gasteiger partial charge in [0.2, 0.25) is 5.60 Å². The van der Waals surface area contributed by atoms with Crippen LogP contribution in [0, 0.1) is 5.92 Å². The van der Waals surface area contributed by atoms with Gasteiger partial charge < -0.3 is 19.6 Å². The van der Waals surface area contributed by atoms with Crippen molar-refractivity contribution >= 4 is 23.2 Å². The van der Waals surface area contributed by atoms with E-state index in [2.05, 4.69) is 5.32 Å². The molecule has 182 valence electrons. The maximum absolute atomic E-state index is 13.6. The van der Waals surface area contributed by atoms with E-state index < -0.39 is 11.6 Å². The number of hydrogen-bond acceptors (Lipinski definition) is 5. The third-order valence-corrected chi connectivity index (χ3v) is 8.37. The second-order valence-corrected chi connectivity index (χ2v) is 10.7. The molecule has 0 spiro atoms. The molecule has 1 amide bonds. The van der Waals surface area contributed by atoms with Crippen molar-refractivity contribution in [1.29, 1.82) is 0 Å². The summed E-state index contributed by atoms with van der Waals surface area (Å²) in [7, 11) is 0. The Balaban J connectivity index is 1.31. The van der Waals surface area contributed by atoms with Crippen LogP contribution >= 0.6 is 11.3 Å². The molecule has 0 saturated carbocycles. The third kappa shape index (κ3) is 4.89. The smallest absolute Gasteiger partial charge is 0.348 e. The number of aliphatic hydroxyl groups is 1. The van der Waals surface area contributed by atoms with E-state index in [1.165, 1.54) is 0 Å². The summed E-state index contributed by atoms with van der Waals surface area (Å²) in [4.78, 5) is 27.5. The van der Waals surface area contributed by atoms with Gasteiger partial charge in [-0.1, -0.05) is 66.7 Å². The number of nitrogens with one attached hydrogen (secondary N) is 1. The fourth-order valence-corrected chi connectivity index (χ4v) is 6.16. The highest BCUT2D eigenvalue weighted by molar-refractivity contribution is 7.09. The molecule has 2 bridgehead atoms. The molecule has 7 heteroatoms. The van der Waals surface area contributed by atoms with Gasteiger partial charge in [0.1, 0.15) is 6.54 Å². The summed E-state index contributed by atoms with van der Waals surface area (Å²) in [5, 5.41) is 16.8. The lowest BCUT2D eigenvalue weighted by Gasteiger charge is -2.51. The van der Waals surface area contributed by atoms with Crippen LogP contribution in [0.5, 0.6) is 0 Å². The van der Waals surface area contributed by atoms with Gasteiger partial charge >= 0.3 is 5.97 Å². The van der Waals surface area contributed by atoms with Crippen LogP contribution in [-0.4, -0.2) is 53.7 Å². The Labute approximate surface area is 209 Å². The van der Waals surface area contributed by atoms with Crippen molar-refractivity contribution in [3.05, 3.63) is 94.2 Å². The number of esters is 1. The molecule has 3 aliphatic heterocycles. The first-order valence-electron chi connectivity index (χ1n) is 12.2. The first-order chi connectivity index (χ1) is 17.0. The fourth-order valence-electron chi connectivity index (χ4n) is 5.52. The topological polar surface area (TPSA) is 75.6 Å². The Morgan fingerprint density at radius 3 is 2.17 bits per heavy atom. The second kappa shape index (κ2) is 9.93. The van der Waals surface area contributed by atoms with Crippen LogP contribution in [0.25, 0.3) is 0 Å². The minimum Gasteiger partial charge on any atom is -0.453 e. The van der Waals surface area contributed by atoms with Crippen molar-refractivity contribution in [3.63, 3.8) is 0 Å². The summed E-state index contributed by atoms with van der Waals surface area (Å²) >= 11 is 1.63. The molecule has 2 aromatic carbocycles. The van der Waals surface area contributed by atoms with Gasteiger partial charge in [-0.05, 0) is 22.6 Å². The Kier molecular flexibility index (Phi) is 6.73. The number of thiophene rings is 1. The Morgan fingerprint density at radius 1 is 0.971 bits per heavy atom. The lowest BCUT2D eigenvalue weighted by molar-refractivity contribution is -0.939. The third-order valence-electron chi connectivity index (χ3n) is 7.50. The Hall–Kier alpha value is -3.00. The lowest BCUT2D eigenvalue weighted by atomic mass is 9.82. The van der Waals surface area contributed by atoms with Gasteiger partial charge in [-0.2, -0.15) is 0 Å². The second-order valence-electron chi connectivity index (χ2n) is 9.71. The quantitative estimate of drug-likeness (QED) is 0.374. The monoisotopic (exact) mass is 491 g/mol. The molecule has 2 N–H and O–H groups in total. The van der Waals surface area contributed by atoms with Gasteiger partial charge in [-0.25, -0.2) is 4.79 Å². The van der Waals surface area contributed by atoms with Gasteiger partial charge in [-0.3, -0.25) is 4.79 Å². The van der Waals surface area contributed by atoms with Crippen LogP contribution in [0.2, 0.25) is 0 Å². The molecule has 3 fully saturated rings. The number of piperidine rings is 3. The predicted molar refractivity (Wildman–Crippen MR) is 134 cm³/mol. The zero-order chi connectivity index (χ0) is 24.3. The van der Waals surface area contributed by atoms with E-state index in [0.29, 0.717) is 35.2 Å². The van der Waals surface area contributed by atoms with Crippen molar-refractivity contribution in [2.75, 3.05) is 26.2 Å². The van der Waals surface area contributed by atoms with E-state index in [-0.39, 0.29) is 17.9 Å². The normalized spacial score (nSPS) is 23.6. The molecule has 3 saturated heterocycles. The highest BCUT2D eigenvalue weighted by Gasteiger charge is 2.51. The van der Waals surface area contributed by atoms with Crippen LogP contribution in [0.3, 0.4) is 0 Å². The molecule has 0 radical (unpaired) electrons. The van der Waals surface area contributed by atoms with E-state index >= 15 is 0 Å². The zero-order valence-corrected chi connectivity index (χ0v) is 20.5. The first kappa shape index (κ1) is 23.7. The van der Waals surface area contributed by atoms with Gasteiger partial charge in [0.05, 0.1) is 19.6 Å². The number of quaternary nitrogens is 1. The maximum atomic E-state index is 13.6. The van der Waals surface area contributed by atoms with Crippen molar-refractivity contribution in [1.82, 2.24) is 5.32 Å². The van der Waals surface area contributed by atoms with Gasteiger partial charge in [0.15, 0.2) is 12.6 Å². The predicted octanol–water partition coefficient (Wildman–Crippen LogP) is 3.45. The van der Waals surface area contributed by atoms with Crippen LogP contribution in [0.1, 0.15) is 28.8 Å². The number of ether oxygens (including phenoxy) is 1. The number of carbonyl (C=O) groups excluding carboxylic acids is 2. The molecular weight excluding hydrogens is 460 g/mol. The molecule has 4 heterocycles. The number of benzene rings is 2. The number of hydrogen-bond donors (Lipinski definition) is 2. The van der Waals surface area contributed by atoms with E-state index in [1.54, 1.807) is 59.9 Å². The SMILES string of the molecule is O=C(C[N+]12CCC(CC1)[C@@H](OC(=O)C(O)(c1ccccc1)c1ccccc1)C2)NCc1cccs1. The van der Waals surface area contributed by atoms with E-state index in [4.69, 9.17) is 4.74 Å². The molecular formula is C28H31N2O4S+. The summed E-state index contributed by atoms with van der Waals surface area (Å²) < 4.78 is 6.71. The first-order valence-corrected chi connectivity index (χ1v) is 13.1. The van der Waals surface area contributed by atoms with E-state index in [1.807, 2.05) is 29.6 Å². The van der Waals surface area contributed by atoms with Crippen LogP contribution in [-0.2, 0) is 26.5 Å². The summed E-state index contributed by atoms with van der Waals surface area (Å²) in [6.07, 6.45) is 1.49. The molecule has 6 nitrogen and oxygen atoms in total. The van der Waals surface area contributed by atoms with Crippen LogP contribution in [0.15, 0.2) is 78.2 Å². The molecule has 3 aromatic rings.